The molecule has 0 saturated carbocycles. The Morgan fingerprint density at radius 3 is 2.32 bits per heavy atom. The van der Waals surface area contributed by atoms with E-state index >= 15 is 0 Å². The van der Waals surface area contributed by atoms with Gasteiger partial charge in [0, 0.05) is 11.1 Å². The first-order chi connectivity index (χ1) is 11.5. The summed E-state index contributed by atoms with van der Waals surface area (Å²) in [7, 11) is -3.42. The molecule has 132 valence electrons. The second-order valence-electron chi connectivity index (χ2n) is 5.35. The smallest absolute Gasteiger partial charge is 0.284 e. The van der Waals surface area contributed by atoms with Crippen LogP contribution in [0, 0.1) is 0 Å². The van der Waals surface area contributed by atoms with E-state index in [0.717, 1.165) is 18.4 Å². The molecule has 0 spiro atoms. The van der Waals surface area contributed by atoms with Gasteiger partial charge < -0.3 is 0 Å². The molecule has 5 nitrogen and oxygen atoms in total. The van der Waals surface area contributed by atoms with E-state index in [1.54, 1.807) is 18.2 Å². The van der Waals surface area contributed by atoms with E-state index in [1.807, 2.05) is 0 Å². The van der Waals surface area contributed by atoms with Crippen LogP contribution in [0.2, 0.25) is 0 Å². The maximum atomic E-state index is 12.7. The molecule has 0 aliphatic carbocycles. The zero-order valence-corrected chi connectivity index (χ0v) is 15.1. The molecule has 0 aliphatic heterocycles. The number of nitrogens with zero attached hydrogens (tertiary/aromatic N) is 2. The van der Waals surface area contributed by atoms with Gasteiger partial charge >= 0.3 is 6.18 Å². The summed E-state index contributed by atoms with van der Waals surface area (Å²) in [5, 5.41) is 4.88. The number of alkyl halides is 3. The van der Waals surface area contributed by atoms with E-state index in [1.165, 1.54) is 16.8 Å². The van der Waals surface area contributed by atoms with Crippen molar-refractivity contribution in [2.45, 2.75) is 6.18 Å². The lowest BCUT2D eigenvalue weighted by molar-refractivity contribution is -0.137. The van der Waals surface area contributed by atoms with E-state index < -0.39 is 21.8 Å². The number of benzene rings is 2. The lowest BCUT2D eigenvalue weighted by atomic mass is 10.2. The highest BCUT2D eigenvalue weighted by molar-refractivity contribution is 9.10. The van der Waals surface area contributed by atoms with Crippen LogP contribution in [0.4, 0.5) is 18.9 Å². The van der Waals surface area contributed by atoms with Gasteiger partial charge in [0.25, 0.3) is 0 Å². The Kier molecular flexibility index (Phi) is 4.28. The third-order valence-electron chi connectivity index (χ3n) is 3.38. The van der Waals surface area contributed by atoms with E-state index in [9.17, 15) is 21.6 Å². The first-order valence-electron chi connectivity index (χ1n) is 6.88. The molecule has 1 N–H and O–H groups in total. The lowest BCUT2D eigenvalue weighted by Crippen LogP contribution is -2.09. The highest BCUT2D eigenvalue weighted by Crippen LogP contribution is 2.32. The van der Waals surface area contributed by atoms with Crippen molar-refractivity contribution < 1.29 is 21.6 Å². The second kappa shape index (κ2) is 6.03. The summed E-state index contributed by atoms with van der Waals surface area (Å²) in [6.45, 7) is 0. The van der Waals surface area contributed by atoms with Gasteiger partial charge in [0.2, 0.25) is 10.0 Å². The quantitative estimate of drug-likeness (QED) is 0.673. The van der Waals surface area contributed by atoms with Crippen LogP contribution in [0.25, 0.3) is 16.6 Å². The van der Waals surface area contributed by atoms with Crippen LogP contribution in [0.15, 0.2) is 47.1 Å². The molecular weight excluding hydrogens is 423 g/mol. The predicted octanol–water partition coefficient (Wildman–Crippen LogP) is 4.18. The molecule has 0 fully saturated rings. The van der Waals surface area contributed by atoms with Crippen molar-refractivity contribution in [3.05, 3.63) is 52.6 Å². The van der Waals surface area contributed by atoms with Crippen LogP contribution >= 0.6 is 15.9 Å². The number of nitrogens with one attached hydrogen (secondary N) is 1. The van der Waals surface area contributed by atoms with Gasteiger partial charge in [-0.15, -0.1) is 0 Å². The molecule has 0 radical (unpaired) electrons. The van der Waals surface area contributed by atoms with Gasteiger partial charge in [-0.05, 0) is 58.4 Å². The number of hydrogen-bond donors (Lipinski definition) is 1. The van der Waals surface area contributed by atoms with Gasteiger partial charge in [-0.1, -0.05) is 0 Å². The second-order valence-corrected chi connectivity index (χ2v) is 7.85. The van der Waals surface area contributed by atoms with Crippen molar-refractivity contribution in [2.24, 2.45) is 0 Å². The van der Waals surface area contributed by atoms with Crippen LogP contribution < -0.4 is 4.72 Å². The van der Waals surface area contributed by atoms with E-state index in [4.69, 9.17) is 0 Å². The molecule has 0 aliphatic rings. The van der Waals surface area contributed by atoms with Gasteiger partial charge in [0.05, 0.1) is 23.0 Å². The number of aromatic nitrogens is 2. The number of fused-ring (bicyclic) bond motifs is 1. The molecule has 0 saturated heterocycles. The van der Waals surface area contributed by atoms with Gasteiger partial charge in [0.1, 0.15) is 4.60 Å². The number of sulfonamides is 1. The van der Waals surface area contributed by atoms with Gasteiger partial charge in [0.15, 0.2) is 0 Å². The summed E-state index contributed by atoms with van der Waals surface area (Å²) >= 11 is 3.29. The first-order valence-corrected chi connectivity index (χ1v) is 9.57. The summed E-state index contributed by atoms with van der Waals surface area (Å²) in [5.74, 6) is 0. The fourth-order valence-corrected chi connectivity index (χ4v) is 3.38. The molecule has 2 aromatic carbocycles. The number of anilines is 1. The molecule has 3 aromatic rings. The van der Waals surface area contributed by atoms with Crippen LogP contribution in [0.5, 0.6) is 0 Å². The molecule has 0 unspecified atom stereocenters. The lowest BCUT2D eigenvalue weighted by Gasteiger charge is -2.08. The Balaban J connectivity index is 2.06. The Bertz CT molecular complexity index is 1040. The monoisotopic (exact) mass is 433 g/mol. The van der Waals surface area contributed by atoms with Crippen molar-refractivity contribution in [3.63, 3.8) is 0 Å². The number of halogens is 4. The summed E-state index contributed by atoms with van der Waals surface area (Å²) in [6.07, 6.45) is -3.37. The molecule has 1 aromatic heterocycles. The number of rotatable bonds is 3. The SMILES string of the molecule is CS(=O)(=O)Nc1ccc2c(c1)c(Br)nn2-c1ccc(C(F)(F)F)cc1. The normalized spacial score (nSPS) is 12.5. The van der Waals surface area contributed by atoms with Gasteiger partial charge in [-0.25, -0.2) is 13.1 Å². The average Bonchev–Trinajstić information content (AvgIpc) is 2.82. The Hall–Kier alpha value is -2.07. The molecule has 0 bridgehead atoms. The molecule has 10 heteroatoms. The zero-order valence-electron chi connectivity index (χ0n) is 12.7. The minimum Gasteiger partial charge on any atom is -0.284 e. The number of hydrogen-bond acceptors (Lipinski definition) is 3. The zero-order chi connectivity index (χ0) is 18.4. The molecule has 3 rings (SSSR count). The maximum absolute atomic E-state index is 12.7. The minimum absolute atomic E-state index is 0.364. The van der Waals surface area contributed by atoms with Gasteiger partial charge in [-0.3, -0.25) is 4.72 Å². The minimum atomic E-state index is -4.41. The summed E-state index contributed by atoms with van der Waals surface area (Å²) in [5.41, 5.74) is 0.687. The van der Waals surface area contributed by atoms with Crippen LogP contribution in [0.3, 0.4) is 0 Å². The van der Waals surface area contributed by atoms with Crippen molar-refractivity contribution >= 4 is 42.5 Å². The fourth-order valence-electron chi connectivity index (χ4n) is 2.35. The Morgan fingerprint density at radius 2 is 1.76 bits per heavy atom. The van der Waals surface area contributed by atoms with Crippen molar-refractivity contribution in [1.82, 2.24) is 9.78 Å². The van der Waals surface area contributed by atoms with Gasteiger partial charge in [-0.2, -0.15) is 18.3 Å². The highest BCUT2D eigenvalue weighted by Gasteiger charge is 2.30. The predicted molar refractivity (Wildman–Crippen MR) is 92.2 cm³/mol. The largest absolute Gasteiger partial charge is 0.416 e. The standard InChI is InChI=1S/C15H11BrF3N3O2S/c1-25(23,24)21-10-4-7-13-12(8-10)14(16)20-22(13)11-5-2-9(3-6-11)15(17,18)19/h2-8,21H,1H3. The van der Waals surface area contributed by atoms with Crippen molar-refractivity contribution in [3.8, 4) is 5.69 Å². The molecule has 25 heavy (non-hydrogen) atoms. The Morgan fingerprint density at radius 1 is 1.12 bits per heavy atom. The van der Waals surface area contributed by atoms with Crippen LogP contribution in [-0.4, -0.2) is 24.5 Å². The Labute approximate surface area is 149 Å². The van der Waals surface area contributed by atoms with Crippen molar-refractivity contribution in [2.75, 3.05) is 11.0 Å². The fraction of sp³-hybridized carbons (Fsp3) is 0.133. The molecule has 0 atom stereocenters. The third-order valence-corrected chi connectivity index (χ3v) is 4.57. The molecule has 1 heterocycles. The summed E-state index contributed by atoms with van der Waals surface area (Å²) in [4.78, 5) is 0. The van der Waals surface area contributed by atoms with E-state index in [-0.39, 0.29) is 0 Å². The third kappa shape index (κ3) is 3.79. The average molecular weight is 434 g/mol. The summed E-state index contributed by atoms with van der Waals surface area (Å²) in [6, 6.07) is 9.39. The summed E-state index contributed by atoms with van der Waals surface area (Å²) < 4.78 is 65.0. The van der Waals surface area contributed by atoms with E-state index in [2.05, 4.69) is 25.8 Å². The molecular formula is C15H11BrF3N3O2S. The maximum Gasteiger partial charge on any atom is 0.416 e. The highest BCUT2D eigenvalue weighted by atomic mass is 79.9. The van der Waals surface area contributed by atoms with E-state index in [0.29, 0.717) is 26.9 Å². The van der Waals surface area contributed by atoms with Crippen molar-refractivity contribution in [1.29, 1.82) is 0 Å². The van der Waals surface area contributed by atoms with Crippen LogP contribution in [0.1, 0.15) is 5.56 Å². The van der Waals surface area contributed by atoms with Crippen LogP contribution in [-0.2, 0) is 16.2 Å². The first kappa shape index (κ1) is 17.7. The molecule has 0 amide bonds. The topological polar surface area (TPSA) is 64.0 Å².